The zero-order valence-corrected chi connectivity index (χ0v) is 9.30. The first-order chi connectivity index (χ1) is 7.15. The van der Waals surface area contributed by atoms with Crippen molar-refractivity contribution in [2.45, 2.75) is 6.92 Å². The van der Waals surface area contributed by atoms with E-state index in [0.717, 1.165) is 5.69 Å². The van der Waals surface area contributed by atoms with Crippen molar-refractivity contribution in [1.29, 1.82) is 0 Å². The number of benzene rings is 1. The van der Waals surface area contributed by atoms with Crippen LogP contribution in [0.1, 0.15) is 6.92 Å². The molecule has 15 heavy (non-hydrogen) atoms. The van der Waals surface area contributed by atoms with E-state index in [9.17, 15) is 4.79 Å². The molecule has 4 nitrogen and oxygen atoms in total. The lowest BCUT2D eigenvalue weighted by Crippen LogP contribution is -2.33. The molecular formula is C11H16N2O2. The summed E-state index contributed by atoms with van der Waals surface area (Å²) in [6, 6.07) is 9.52. The lowest BCUT2D eigenvalue weighted by molar-refractivity contribution is 0.107. The number of hydrogen-bond acceptors (Lipinski definition) is 3. The highest BCUT2D eigenvalue weighted by molar-refractivity contribution is 5.68. The van der Waals surface area contributed by atoms with Crippen LogP contribution in [0.2, 0.25) is 0 Å². The van der Waals surface area contributed by atoms with E-state index in [1.165, 1.54) is 4.90 Å². The molecule has 1 aromatic rings. The first kappa shape index (κ1) is 11.4. The Labute approximate surface area is 90.0 Å². The molecule has 0 saturated heterocycles. The highest BCUT2D eigenvalue weighted by Gasteiger charge is 2.11. The summed E-state index contributed by atoms with van der Waals surface area (Å²) in [5, 5.41) is 1.56. The minimum Gasteiger partial charge on any atom is -0.321 e. The summed E-state index contributed by atoms with van der Waals surface area (Å²) in [7, 11) is 3.31. The summed E-state index contributed by atoms with van der Waals surface area (Å²) in [4.78, 5) is 17.9. The maximum Gasteiger partial charge on any atom is 0.433 e. The van der Waals surface area contributed by atoms with E-state index in [1.807, 2.05) is 37.3 Å². The Morgan fingerprint density at radius 3 is 2.33 bits per heavy atom. The number of carbonyl (C=O) groups is 1. The van der Waals surface area contributed by atoms with Crippen LogP contribution in [0.15, 0.2) is 30.3 Å². The SMILES string of the molecule is CCN(OC(=O)N(C)C)c1ccccc1. The Morgan fingerprint density at radius 2 is 1.87 bits per heavy atom. The number of hydrogen-bond donors (Lipinski definition) is 0. The van der Waals surface area contributed by atoms with Gasteiger partial charge >= 0.3 is 6.09 Å². The van der Waals surface area contributed by atoms with Gasteiger partial charge in [0.15, 0.2) is 0 Å². The van der Waals surface area contributed by atoms with Gasteiger partial charge in [-0.15, -0.1) is 0 Å². The molecule has 0 aliphatic heterocycles. The third kappa shape index (κ3) is 3.16. The van der Waals surface area contributed by atoms with Crippen LogP contribution in [-0.2, 0) is 4.84 Å². The second-order valence-corrected chi connectivity index (χ2v) is 3.28. The average Bonchev–Trinajstić information content (AvgIpc) is 2.26. The van der Waals surface area contributed by atoms with Gasteiger partial charge in [0.2, 0.25) is 0 Å². The van der Waals surface area contributed by atoms with Gasteiger partial charge in [0.1, 0.15) is 0 Å². The van der Waals surface area contributed by atoms with Gasteiger partial charge in [0.05, 0.1) is 12.2 Å². The summed E-state index contributed by atoms with van der Waals surface area (Å²) in [5.41, 5.74) is 0.871. The summed E-state index contributed by atoms with van der Waals surface area (Å²) >= 11 is 0. The van der Waals surface area contributed by atoms with Crippen LogP contribution in [0.5, 0.6) is 0 Å². The third-order valence-corrected chi connectivity index (χ3v) is 1.88. The van der Waals surface area contributed by atoms with Crippen molar-refractivity contribution in [2.24, 2.45) is 0 Å². The van der Waals surface area contributed by atoms with Crippen LogP contribution < -0.4 is 5.06 Å². The van der Waals surface area contributed by atoms with Gasteiger partial charge in [0, 0.05) is 14.1 Å². The molecule has 0 N–H and O–H groups in total. The Balaban J connectivity index is 2.69. The predicted molar refractivity (Wildman–Crippen MR) is 59.6 cm³/mol. The number of carbonyl (C=O) groups excluding carboxylic acids is 1. The van der Waals surface area contributed by atoms with Crippen molar-refractivity contribution >= 4 is 11.8 Å². The van der Waals surface area contributed by atoms with Gasteiger partial charge < -0.3 is 9.74 Å². The number of anilines is 1. The quantitative estimate of drug-likeness (QED) is 0.713. The first-order valence-electron chi connectivity index (χ1n) is 4.87. The maximum atomic E-state index is 11.3. The largest absolute Gasteiger partial charge is 0.433 e. The molecule has 0 atom stereocenters. The number of para-hydroxylation sites is 1. The van der Waals surface area contributed by atoms with Gasteiger partial charge in [-0.2, -0.15) is 0 Å². The van der Waals surface area contributed by atoms with E-state index < -0.39 is 0 Å². The first-order valence-corrected chi connectivity index (χ1v) is 4.87. The molecule has 4 heteroatoms. The normalized spacial score (nSPS) is 9.53. The van der Waals surface area contributed by atoms with E-state index in [0.29, 0.717) is 6.54 Å². The molecule has 0 unspecified atom stereocenters. The molecule has 0 aromatic heterocycles. The van der Waals surface area contributed by atoms with Crippen LogP contribution >= 0.6 is 0 Å². The molecule has 0 aliphatic carbocycles. The molecule has 1 rings (SSSR count). The molecule has 0 aliphatic rings. The molecule has 82 valence electrons. The smallest absolute Gasteiger partial charge is 0.321 e. The molecule has 0 saturated carbocycles. The fraction of sp³-hybridized carbons (Fsp3) is 0.364. The fourth-order valence-electron chi connectivity index (χ4n) is 1.07. The van der Waals surface area contributed by atoms with Crippen molar-refractivity contribution in [3.8, 4) is 0 Å². The van der Waals surface area contributed by atoms with Crippen LogP contribution in [0.4, 0.5) is 10.5 Å². The predicted octanol–water partition coefficient (Wildman–Crippen LogP) is 2.13. The zero-order chi connectivity index (χ0) is 11.3. The van der Waals surface area contributed by atoms with Gasteiger partial charge in [-0.05, 0) is 19.1 Å². The van der Waals surface area contributed by atoms with Crippen molar-refractivity contribution in [3.63, 3.8) is 0 Å². The van der Waals surface area contributed by atoms with Gasteiger partial charge in [-0.25, -0.2) is 9.86 Å². The molecule has 0 heterocycles. The summed E-state index contributed by atoms with van der Waals surface area (Å²) in [6.45, 7) is 2.54. The standard InChI is InChI=1S/C11H16N2O2/c1-4-13(15-11(14)12(2)3)10-8-6-5-7-9-10/h5-9H,4H2,1-3H3. The number of amides is 1. The Morgan fingerprint density at radius 1 is 1.27 bits per heavy atom. The Bertz CT molecular complexity index is 312. The molecule has 0 bridgehead atoms. The number of nitrogens with zero attached hydrogens (tertiary/aromatic N) is 2. The van der Waals surface area contributed by atoms with Crippen LogP contribution in [0.3, 0.4) is 0 Å². The van der Waals surface area contributed by atoms with Crippen molar-refractivity contribution < 1.29 is 9.63 Å². The topological polar surface area (TPSA) is 32.8 Å². The van der Waals surface area contributed by atoms with Gasteiger partial charge in [-0.1, -0.05) is 18.2 Å². The Kier molecular flexibility index (Phi) is 3.97. The van der Waals surface area contributed by atoms with Gasteiger partial charge in [-0.3, -0.25) is 0 Å². The fourth-order valence-corrected chi connectivity index (χ4v) is 1.07. The van der Waals surface area contributed by atoms with E-state index in [4.69, 9.17) is 4.84 Å². The van der Waals surface area contributed by atoms with E-state index in [1.54, 1.807) is 19.2 Å². The van der Waals surface area contributed by atoms with E-state index >= 15 is 0 Å². The number of rotatable bonds is 3. The summed E-state index contributed by atoms with van der Waals surface area (Å²) in [6.07, 6.45) is -0.374. The average molecular weight is 208 g/mol. The minimum atomic E-state index is -0.374. The molecule has 1 amide bonds. The summed E-state index contributed by atoms with van der Waals surface area (Å²) in [5.74, 6) is 0. The lowest BCUT2D eigenvalue weighted by Gasteiger charge is -2.23. The molecule has 0 spiro atoms. The molecule has 0 radical (unpaired) electrons. The number of hydroxylamine groups is 1. The highest BCUT2D eigenvalue weighted by Crippen LogP contribution is 2.13. The monoisotopic (exact) mass is 208 g/mol. The third-order valence-electron chi connectivity index (χ3n) is 1.88. The summed E-state index contributed by atoms with van der Waals surface area (Å²) < 4.78 is 0. The zero-order valence-electron chi connectivity index (χ0n) is 9.30. The molecular weight excluding hydrogens is 192 g/mol. The lowest BCUT2D eigenvalue weighted by atomic mass is 10.3. The van der Waals surface area contributed by atoms with Crippen molar-refractivity contribution in [3.05, 3.63) is 30.3 Å². The second kappa shape index (κ2) is 5.24. The molecule has 0 fully saturated rings. The van der Waals surface area contributed by atoms with Crippen molar-refractivity contribution in [1.82, 2.24) is 4.90 Å². The second-order valence-electron chi connectivity index (χ2n) is 3.28. The van der Waals surface area contributed by atoms with Crippen molar-refractivity contribution in [2.75, 3.05) is 25.7 Å². The Hall–Kier alpha value is -1.71. The van der Waals surface area contributed by atoms with Crippen LogP contribution in [0, 0.1) is 0 Å². The molecule has 1 aromatic carbocycles. The van der Waals surface area contributed by atoms with E-state index in [2.05, 4.69) is 0 Å². The van der Waals surface area contributed by atoms with Gasteiger partial charge in [0.25, 0.3) is 0 Å². The maximum absolute atomic E-state index is 11.3. The minimum absolute atomic E-state index is 0.374. The van der Waals surface area contributed by atoms with E-state index in [-0.39, 0.29) is 6.09 Å². The van der Waals surface area contributed by atoms with Crippen LogP contribution in [0.25, 0.3) is 0 Å². The highest BCUT2D eigenvalue weighted by atomic mass is 16.7. The van der Waals surface area contributed by atoms with Crippen LogP contribution in [-0.4, -0.2) is 31.6 Å².